The van der Waals surface area contributed by atoms with Gasteiger partial charge < -0.3 is 15.4 Å². The zero-order chi connectivity index (χ0) is 13.1. The van der Waals surface area contributed by atoms with Crippen LogP contribution in [0.3, 0.4) is 0 Å². The molecule has 0 saturated carbocycles. The van der Waals surface area contributed by atoms with E-state index in [1.54, 1.807) is 0 Å². The average molecular weight is 329 g/mol. The summed E-state index contributed by atoms with van der Waals surface area (Å²) in [5, 5.41) is 0. The standard InChI is InChI=1S/C13H17BrN2OS/c1-2-10-8-17-6-5-16(10)12-4-3-9(14)7-11(12)13(15)18/h3-4,7,10H,2,5-6,8H2,1H3,(H2,15,18). The lowest BCUT2D eigenvalue weighted by molar-refractivity contribution is 0.0930. The first-order chi connectivity index (χ1) is 8.63. The van der Waals surface area contributed by atoms with Crippen LogP contribution in [0.2, 0.25) is 0 Å². The fraction of sp³-hybridized carbons (Fsp3) is 0.462. The normalized spacial score (nSPS) is 19.9. The van der Waals surface area contributed by atoms with E-state index >= 15 is 0 Å². The number of hydrogen-bond acceptors (Lipinski definition) is 3. The maximum atomic E-state index is 5.83. The van der Waals surface area contributed by atoms with Crippen LogP contribution in [0, 0.1) is 0 Å². The van der Waals surface area contributed by atoms with E-state index in [0.29, 0.717) is 11.0 Å². The van der Waals surface area contributed by atoms with Crippen molar-refractivity contribution in [3.8, 4) is 0 Å². The van der Waals surface area contributed by atoms with Crippen molar-refractivity contribution in [2.45, 2.75) is 19.4 Å². The van der Waals surface area contributed by atoms with Crippen molar-refractivity contribution in [2.24, 2.45) is 5.73 Å². The lowest BCUT2D eigenvalue weighted by Gasteiger charge is -2.38. The smallest absolute Gasteiger partial charge is 0.106 e. The molecule has 1 saturated heterocycles. The van der Waals surface area contributed by atoms with Crippen molar-refractivity contribution in [3.05, 3.63) is 28.2 Å². The van der Waals surface area contributed by atoms with Crippen LogP contribution in [-0.4, -0.2) is 30.8 Å². The molecule has 0 bridgehead atoms. The third-order valence-corrected chi connectivity index (χ3v) is 3.95. The molecule has 3 nitrogen and oxygen atoms in total. The third-order valence-electron chi connectivity index (χ3n) is 3.23. The van der Waals surface area contributed by atoms with Crippen LogP contribution >= 0.6 is 28.1 Å². The molecular weight excluding hydrogens is 312 g/mol. The number of rotatable bonds is 3. The Morgan fingerprint density at radius 2 is 2.39 bits per heavy atom. The number of ether oxygens (including phenoxy) is 1. The van der Waals surface area contributed by atoms with Gasteiger partial charge in [-0.05, 0) is 24.6 Å². The van der Waals surface area contributed by atoms with E-state index in [9.17, 15) is 0 Å². The van der Waals surface area contributed by atoms with E-state index in [1.165, 1.54) is 0 Å². The minimum absolute atomic E-state index is 0.396. The minimum Gasteiger partial charge on any atom is -0.389 e. The summed E-state index contributed by atoms with van der Waals surface area (Å²) in [5.41, 5.74) is 7.87. The zero-order valence-electron chi connectivity index (χ0n) is 10.4. The molecular formula is C13H17BrN2OS. The molecule has 1 atom stereocenters. The van der Waals surface area contributed by atoms with Crippen molar-refractivity contribution >= 4 is 38.8 Å². The zero-order valence-corrected chi connectivity index (χ0v) is 12.8. The van der Waals surface area contributed by atoms with Gasteiger partial charge in [0, 0.05) is 22.3 Å². The molecule has 0 amide bonds. The Morgan fingerprint density at radius 1 is 1.61 bits per heavy atom. The number of anilines is 1. The Bertz CT molecular complexity index is 453. The molecule has 1 aliphatic heterocycles. The molecule has 0 aromatic heterocycles. The summed E-state index contributed by atoms with van der Waals surface area (Å²) in [7, 11) is 0. The first kappa shape index (κ1) is 13.8. The quantitative estimate of drug-likeness (QED) is 0.866. The fourth-order valence-corrected chi connectivity index (χ4v) is 2.79. The highest BCUT2D eigenvalue weighted by atomic mass is 79.9. The van der Waals surface area contributed by atoms with Gasteiger partial charge in [0.25, 0.3) is 0 Å². The number of hydrogen-bond donors (Lipinski definition) is 1. The monoisotopic (exact) mass is 328 g/mol. The summed E-state index contributed by atoms with van der Waals surface area (Å²) in [5.74, 6) is 0. The Morgan fingerprint density at radius 3 is 3.06 bits per heavy atom. The van der Waals surface area contributed by atoms with E-state index in [1.807, 2.05) is 12.1 Å². The highest BCUT2D eigenvalue weighted by Crippen LogP contribution is 2.28. The van der Waals surface area contributed by atoms with Crippen molar-refractivity contribution in [2.75, 3.05) is 24.7 Å². The van der Waals surface area contributed by atoms with Crippen LogP contribution in [0.15, 0.2) is 22.7 Å². The Balaban J connectivity index is 2.39. The molecule has 0 radical (unpaired) electrons. The first-order valence-electron chi connectivity index (χ1n) is 6.07. The second-order valence-electron chi connectivity index (χ2n) is 4.36. The minimum atomic E-state index is 0.396. The SMILES string of the molecule is CCC1COCCN1c1ccc(Br)cc1C(N)=S. The molecule has 18 heavy (non-hydrogen) atoms. The average Bonchev–Trinajstić information content (AvgIpc) is 2.38. The van der Waals surface area contributed by atoms with E-state index in [4.69, 9.17) is 22.7 Å². The van der Waals surface area contributed by atoms with E-state index < -0.39 is 0 Å². The van der Waals surface area contributed by atoms with Gasteiger partial charge in [-0.25, -0.2) is 0 Å². The van der Waals surface area contributed by atoms with Gasteiger partial charge in [0.05, 0.1) is 19.3 Å². The van der Waals surface area contributed by atoms with Gasteiger partial charge in [0.15, 0.2) is 0 Å². The molecule has 2 rings (SSSR count). The molecule has 1 fully saturated rings. The predicted octanol–water partition coefficient (Wildman–Crippen LogP) is 2.70. The van der Waals surface area contributed by atoms with Crippen molar-refractivity contribution in [1.29, 1.82) is 0 Å². The van der Waals surface area contributed by atoms with Gasteiger partial charge in [-0.15, -0.1) is 0 Å². The summed E-state index contributed by atoms with van der Waals surface area (Å²) in [6.07, 6.45) is 1.05. The van der Waals surface area contributed by atoms with Crippen LogP contribution in [0.4, 0.5) is 5.69 Å². The largest absolute Gasteiger partial charge is 0.389 e. The van der Waals surface area contributed by atoms with Crippen LogP contribution < -0.4 is 10.6 Å². The number of morpholine rings is 1. The lowest BCUT2D eigenvalue weighted by atomic mass is 10.1. The third kappa shape index (κ3) is 2.84. The van der Waals surface area contributed by atoms with Crippen LogP contribution in [0.25, 0.3) is 0 Å². The second kappa shape index (κ2) is 5.99. The molecule has 1 aromatic rings. The van der Waals surface area contributed by atoms with Crippen LogP contribution in [-0.2, 0) is 4.74 Å². The number of halogens is 1. The van der Waals surface area contributed by atoms with Gasteiger partial charge >= 0.3 is 0 Å². The molecule has 0 spiro atoms. The topological polar surface area (TPSA) is 38.5 Å². The van der Waals surface area contributed by atoms with Gasteiger partial charge in [-0.3, -0.25) is 0 Å². The van der Waals surface area contributed by atoms with E-state index in [0.717, 1.165) is 41.9 Å². The highest BCUT2D eigenvalue weighted by molar-refractivity contribution is 9.10. The molecule has 1 aliphatic rings. The van der Waals surface area contributed by atoms with Crippen molar-refractivity contribution in [3.63, 3.8) is 0 Å². The summed E-state index contributed by atoms with van der Waals surface area (Å²) >= 11 is 8.61. The second-order valence-corrected chi connectivity index (χ2v) is 5.71. The number of thiocarbonyl (C=S) groups is 1. The highest BCUT2D eigenvalue weighted by Gasteiger charge is 2.24. The summed E-state index contributed by atoms with van der Waals surface area (Å²) in [6.45, 7) is 4.58. The van der Waals surface area contributed by atoms with E-state index in [2.05, 4.69) is 33.8 Å². The first-order valence-corrected chi connectivity index (χ1v) is 7.27. The molecule has 1 aromatic carbocycles. The number of nitrogens with two attached hydrogens (primary N) is 1. The maximum Gasteiger partial charge on any atom is 0.106 e. The Hall–Kier alpha value is -0.650. The number of nitrogens with zero attached hydrogens (tertiary/aromatic N) is 1. The Labute approximate surface area is 121 Å². The maximum absolute atomic E-state index is 5.83. The van der Waals surface area contributed by atoms with Gasteiger partial charge in [0.1, 0.15) is 4.99 Å². The molecule has 5 heteroatoms. The predicted molar refractivity (Wildman–Crippen MR) is 82.3 cm³/mol. The van der Waals surface area contributed by atoms with Gasteiger partial charge in [0.2, 0.25) is 0 Å². The molecule has 1 heterocycles. The molecule has 0 aliphatic carbocycles. The van der Waals surface area contributed by atoms with Gasteiger partial charge in [-0.2, -0.15) is 0 Å². The van der Waals surface area contributed by atoms with Crippen LogP contribution in [0.1, 0.15) is 18.9 Å². The Kier molecular flexibility index (Phi) is 4.59. The number of benzene rings is 1. The van der Waals surface area contributed by atoms with Gasteiger partial charge in [-0.1, -0.05) is 35.1 Å². The van der Waals surface area contributed by atoms with Crippen molar-refractivity contribution < 1.29 is 4.74 Å². The molecule has 98 valence electrons. The van der Waals surface area contributed by atoms with Crippen LogP contribution in [0.5, 0.6) is 0 Å². The van der Waals surface area contributed by atoms with Crippen molar-refractivity contribution in [1.82, 2.24) is 0 Å². The summed E-state index contributed by atoms with van der Waals surface area (Å²) in [4.78, 5) is 2.79. The van der Waals surface area contributed by atoms with E-state index in [-0.39, 0.29) is 0 Å². The molecule has 1 unspecified atom stereocenters. The lowest BCUT2D eigenvalue weighted by Crippen LogP contribution is -2.46. The fourth-order valence-electron chi connectivity index (χ4n) is 2.27. The summed E-state index contributed by atoms with van der Waals surface area (Å²) < 4.78 is 6.53. The summed E-state index contributed by atoms with van der Waals surface area (Å²) in [6, 6.07) is 6.49. The molecule has 2 N–H and O–H groups in total.